The second kappa shape index (κ2) is 4.71. The first-order valence-electron chi connectivity index (χ1n) is 5.59. The molecule has 2 rings (SSSR count). The number of hydrogen-bond donors (Lipinski definition) is 2. The first kappa shape index (κ1) is 11.9. The van der Waals surface area contributed by atoms with Crippen molar-refractivity contribution in [3.05, 3.63) is 29.6 Å². The van der Waals surface area contributed by atoms with Gasteiger partial charge in [0, 0.05) is 12.1 Å². The number of anilines is 1. The lowest BCUT2D eigenvalue weighted by atomic mass is 10.1. The Labute approximate surface area is 98.8 Å². The van der Waals surface area contributed by atoms with Crippen LogP contribution in [0.15, 0.2) is 18.2 Å². The lowest BCUT2D eigenvalue weighted by Crippen LogP contribution is -2.41. The number of rotatable bonds is 3. The minimum absolute atomic E-state index is 0.255. The van der Waals surface area contributed by atoms with Gasteiger partial charge in [-0.15, -0.1) is 0 Å². The molecule has 3 N–H and O–H groups in total. The Hall–Kier alpha value is -1.62. The van der Waals surface area contributed by atoms with Crippen LogP contribution in [0.1, 0.15) is 18.4 Å². The summed E-state index contributed by atoms with van der Waals surface area (Å²) in [6.07, 6.45) is 1.43. The van der Waals surface area contributed by atoms with Gasteiger partial charge in [-0.05, 0) is 18.9 Å². The number of carbonyl (C=O) groups excluding carboxylic acids is 1. The number of amides is 1. The molecule has 0 spiro atoms. The van der Waals surface area contributed by atoms with Gasteiger partial charge in [0.15, 0.2) is 0 Å². The normalized spacial score (nSPS) is 19.6. The van der Waals surface area contributed by atoms with E-state index in [1.54, 1.807) is 17.0 Å². The number of benzene rings is 1. The Morgan fingerprint density at radius 2 is 2.35 bits per heavy atom. The molecule has 1 heterocycles. The number of aliphatic hydroxyl groups is 1. The Morgan fingerprint density at radius 3 is 3.00 bits per heavy atom. The first-order valence-corrected chi connectivity index (χ1v) is 5.59. The van der Waals surface area contributed by atoms with E-state index < -0.39 is 17.8 Å². The van der Waals surface area contributed by atoms with Crippen molar-refractivity contribution >= 4 is 11.6 Å². The summed E-state index contributed by atoms with van der Waals surface area (Å²) in [6, 6.07) is 4.04. The van der Waals surface area contributed by atoms with Crippen LogP contribution in [0, 0.1) is 5.82 Å². The van der Waals surface area contributed by atoms with Crippen LogP contribution in [0.3, 0.4) is 0 Å². The van der Waals surface area contributed by atoms with Crippen molar-refractivity contribution in [3.8, 4) is 0 Å². The minimum atomic E-state index is -0.475. The third-order valence-electron chi connectivity index (χ3n) is 3.11. The fourth-order valence-corrected chi connectivity index (χ4v) is 2.34. The maximum atomic E-state index is 13.8. The molecule has 0 radical (unpaired) electrons. The van der Waals surface area contributed by atoms with Gasteiger partial charge in [-0.2, -0.15) is 0 Å². The molecule has 1 fully saturated rings. The topological polar surface area (TPSA) is 66.6 Å². The number of hydrogen-bond acceptors (Lipinski definition) is 3. The summed E-state index contributed by atoms with van der Waals surface area (Å²) in [5, 5.41) is 9.22. The first-order chi connectivity index (χ1) is 8.15. The number of aliphatic hydroxyl groups excluding tert-OH is 1. The van der Waals surface area contributed by atoms with Crippen molar-refractivity contribution in [2.45, 2.75) is 25.5 Å². The third-order valence-corrected chi connectivity index (χ3v) is 3.11. The van der Waals surface area contributed by atoms with Gasteiger partial charge >= 0.3 is 0 Å². The molecule has 0 aromatic heterocycles. The van der Waals surface area contributed by atoms with Gasteiger partial charge in [-0.25, -0.2) is 4.39 Å². The van der Waals surface area contributed by atoms with E-state index in [1.807, 2.05) is 0 Å². The van der Waals surface area contributed by atoms with Gasteiger partial charge in [0.1, 0.15) is 11.9 Å². The molecule has 0 aliphatic carbocycles. The highest BCUT2D eigenvalue weighted by molar-refractivity contribution is 5.84. The number of para-hydroxylation sites is 1. The summed E-state index contributed by atoms with van der Waals surface area (Å²) in [5.74, 6) is -0.876. The minimum Gasteiger partial charge on any atom is -0.392 e. The second-order valence-electron chi connectivity index (χ2n) is 4.16. The fraction of sp³-hybridized carbons (Fsp3) is 0.417. The van der Waals surface area contributed by atoms with E-state index in [1.165, 1.54) is 6.07 Å². The Balaban J connectivity index is 2.42. The van der Waals surface area contributed by atoms with Crippen molar-refractivity contribution in [1.82, 2.24) is 0 Å². The molecule has 17 heavy (non-hydrogen) atoms. The highest BCUT2D eigenvalue weighted by Gasteiger charge is 2.31. The molecule has 5 heteroatoms. The van der Waals surface area contributed by atoms with E-state index in [4.69, 9.17) is 5.73 Å². The van der Waals surface area contributed by atoms with E-state index >= 15 is 0 Å². The summed E-state index contributed by atoms with van der Waals surface area (Å²) in [5.41, 5.74) is 6.09. The molecule has 1 saturated heterocycles. The van der Waals surface area contributed by atoms with Gasteiger partial charge in [0.25, 0.3) is 0 Å². The lowest BCUT2D eigenvalue weighted by molar-refractivity contribution is -0.119. The van der Waals surface area contributed by atoms with Crippen molar-refractivity contribution in [2.75, 3.05) is 11.4 Å². The van der Waals surface area contributed by atoms with Crippen LogP contribution in [-0.2, 0) is 11.4 Å². The third kappa shape index (κ3) is 2.10. The summed E-state index contributed by atoms with van der Waals surface area (Å²) in [4.78, 5) is 12.9. The smallest absolute Gasteiger partial charge is 0.240 e. The molecular weight excluding hydrogens is 223 g/mol. The van der Waals surface area contributed by atoms with Crippen molar-refractivity contribution in [1.29, 1.82) is 0 Å². The Bertz CT molecular complexity index is 437. The standard InChI is InChI=1S/C12H15FN2O2/c13-9-4-1-3-8(7-16)11(9)15-6-2-5-10(15)12(14)17/h1,3-4,10,16H,2,5-7H2,(H2,14,17). The zero-order chi connectivity index (χ0) is 12.4. The molecule has 1 amide bonds. The Morgan fingerprint density at radius 1 is 1.59 bits per heavy atom. The molecule has 1 aliphatic rings. The van der Waals surface area contributed by atoms with E-state index in [-0.39, 0.29) is 6.61 Å². The van der Waals surface area contributed by atoms with Crippen molar-refractivity contribution < 1.29 is 14.3 Å². The second-order valence-corrected chi connectivity index (χ2v) is 4.16. The molecule has 1 aromatic rings. The predicted octanol–water partition coefficient (Wildman–Crippen LogP) is 0.772. The Kier molecular flexibility index (Phi) is 3.28. The van der Waals surface area contributed by atoms with Crippen LogP contribution >= 0.6 is 0 Å². The van der Waals surface area contributed by atoms with Gasteiger partial charge < -0.3 is 15.7 Å². The van der Waals surface area contributed by atoms with Crippen LogP contribution in [-0.4, -0.2) is 23.6 Å². The van der Waals surface area contributed by atoms with Crippen LogP contribution in [0.2, 0.25) is 0 Å². The molecule has 0 saturated carbocycles. The van der Waals surface area contributed by atoms with Gasteiger partial charge in [-0.3, -0.25) is 4.79 Å². The molecule has 4 nitrogen and oxygen atoms in total. The van der Waals surface area contributed by atoms with E-state index in [9.17, 15) is 14.3 Å². The lowest BCUT2D eigenvalue weighted by Gasteiger charge is -2.26. The summed E-state index contributed by atoms with van der Waals surface area (Å²) < 4.78 is 13.8. The maximum absolute atomic E-state index is 13.8. The highest BCUT2D eigenvalue weighted by Crippen LogP contribution is 2.31. The number of primary amides is 1. The van der Waals surface area contributed by atoms with E-state index in [0.717, 1.165) is 6.42 Å². The molecule has 1 atom stereocenters. The fourth-order valence-electron chi connectivity index (χ4n) is 2.34. The highest BCUT2D eigenvalue weighted by atomic mass is 19.1. The molecule has 92 valence electrons. The van der Waals surface area contributed by atoms with E-state index in [2.05, 4.69) is 0 Å². The van der Waals surface area contributed by atoms with Crippen molar-refractivity contribution in [2.24, 2.45) is 5.73 Å². The largest absolute Gasteiger partial charge is 0.392 e. The maximum Gasteiger partial charge on any atom is 0.240 e. The average molecular weight is 238 g/mol. The summed E-state index contributed by atoms with van der Waals surface area (Å²) in [7, 11) is 0. The molecule has 1 aliphatic heterocycles. The van der Waals surface area contributed by atoms with Crippen LogP contribution in [0.5, 0.6) is 0 Å². The van der Waals surface area contributed by atoms with Gasteiger partial charge in [-0.1, -0.05) is 12.1 Å². The molecule has 1 unspecified atom stereocenters. The summed E-state index contributed by atoms with van der Waals surface area (Å²) in [6.45, 7) is 0.330. The van der Waals surface area contributed by atoms with Crippen molar-refractivity contribution in [3.63, 3.8) is 0 Å². The van der Waals surface area contributed by atoms with Gasteiger partial charge in [0.2, 0.25) is 5.91 Å². The SMILES string of the molecule is NC(=O)C1CCCN1c1c(F)cccc1CO. The number of nitrogens with two attached hydrogens (primary N) is 1. The summed E-state index contributed by atoms with van der Waals surface area (Å²) >= 11 is 0. The average Bonchev–Trinajstić information content (AvgIpc) is 2.77. The predicted molar refractivity (Wildman–Crippen MR) is 61.9 cm³/mol. The quantitative estimate of drug-likeness (QED) is 0.817. The van der Waals surface area contributed by atoms with Gasteiger partial charge in [0.05, 0.1) is 12.3 Å². The van der Waals surface area contributed by atoms with Crippen LogP contribution < -0.4 is 10.6 Å². The molecule has 1 aromatic carbocycles. The zero-order valence-electron chi connectivity index (χ0n) is 9.40. The molecule has 0 bridgehead atoms. The number of halogens is 1. The zero-order valence-corrected chi connectivity index (χ0v) is 9.40. The molecular formula is C12H15FN2O2. The van der Waals surface area contributed by atoms with Crippen LogP contribution in [0.4, 0.5) is 10.1 Å². The van der Waals surface area contributed by atoms with E-state index in [0.29, 0.717) is 24.2 Å². The number of carbonyl (C=O) groups is 1. The number of nitrogens with zero attached hydrogens (tertiary/aromatic N) is 1. The van der Waals surface area contributed by atoms with Crippen LogP contribution in [0.25, 0.3) is 0 Å². The monoisotopic (exact) mass is 238 g/mol.